The fourth-order valence-electron chi connectivity index (χ4n) is 3.18. The van der Waals surface area contributed by atoms with E-state index in [1.165, 1.54) is 5.69 Å². The molecule has 108 valence electrons. The van der Waals surface area contributed by atoms with Crippen molar-refractivity contribution in [1.29, 1.82) is 0 Å². The molecule has 1 aromatic heterocycles. The molecule has 1 aliphatic carbocycles. The molecule has 0 bridgehead atoms. The highest BCUT2D eigenvalue weighted by molar-refractivity contribution is 5.89. The number of amides is 2. The second kappa shape index (κ2) is 4.92. The number of likely N-dealkylation sites (tertiary alicyclic amines) is 1. The van der Waals surface area contributed by atoms with Gasteiger partial charge >= 0.3 is 0 Å². The van der Waals surface area contributed by atoms with E-state index in [-0.39, 0.29) is 23.8 Å². The number of nitrogens with zero attached hydrogens (tertiary/aromatic N) is 3. The summed E-state index contributed by atoms with van der Waals surface area (Å²) in [5.41, 5.74) is 2.34. The van der Waals surface area contributed by atoms with Gasteiger partial charge in [-0.1, -0.05) is 0 Å². The molecular formula is C14H20N4O2. The molecule has 0 aromatic carbocycles. The SMILES string of the molecule is CN1C[C@@H](C(=O)N[C@@H]2CCCc3c2cnn3C)CC1=O. The molecule has 6 heteroatoms. The molecule has 1 N–H and O–H groups in total. The van der Waals surface area contributed by atoms with Gasteiger partial charge in [-0.3, -0.25) is 14.3 Å². The second-order valence-electron chi connectivity index (χ2n) is 5.80. The molecule has 6 nitrogen and oxygen atoms in total. The summed E-state index contributed by atoms with van der Waals surface area (Å²) in [6, 6.07) is 0.0426. The van der Waals surface area contributed by atoms with E-state index in [0.717, 1.165) is 24.8 Å². The zero-order chi connectivity index (χ0) is 14.3. The average molecular weight is 276 g/mol. The molecule has 0 saturated carbocycles. The molecule has 2 atom stereocenters. The van der Waals surface area contributed by atoms with Crippen LogP contribution >= 0.6 is 0 Å². The van der Waals surface area contributed by atoms with Gasteiger partial charge in [-0.25, -0.2) is 0 Å². The quantitative estimate of drug-likeness (QED) is 0.850. The molecule has 1 aromatic rings. The predicted molar refractivity (Wildman–Crippen MR) is 72.8 cm³/mol. The van der Waals surface area contributed by atoms with Crippen LogP contribution in [0.4, 0.5) is 0 Å². The summed E-state index contributed by atoms with van der Waals surface area (Å²) in [5, 5.41) is 7.38. The Bertz CT molecular complexity index is 551. The highest BCUT2D eigenvalue weighted by Gasteiger charge is 2.34. The van der Waals surface area contributed by atoms with Gasteiger partial charge in [0.2, 0.25) is 11.8 Å². The Morgan fingerprint density at radius 2 is 2.25 bits per heavy atom. The zero-order valence-electron chi connectivity index (χ0n) is 11.9. The van der Waals surface area contributed by atoms with E-state index < -0.39 is 0 Å². The van der Waals surface area contributed by atoms with Crippen LogP contribution in [0.5, 0.6) is 0 Å². The third-order valence-electron chi connectivity index (χ3n) is 4.40. The van der Waals surface area contributed by atoms with Crippen molar-refractivity contribution in [3.63, 3.8) is 0 Å². The van der Waals surface area contributed by atoms with Crippen LogP contribution < -0.4 is 5.32 Å². The predicted octanol–water partition coefficient (Wildman–Crippen LogP) is 0.392. The third-order valence-corrected chi connectivity index (χ3v) is 4.40. The van der Waals surface area contributed by atoms with E-state index in [0.29, 0.717) is 13.0 Å². The van der Waals surface area contributed by atoms with Gasteiger partial charge in [0.15, 0.2) is 0 Å². The summed E-state index contributed by atoms with van der Waals surface area (Å²) in [5.74, 6) is -0.171. The van der Waals surface area contributed by atoms with E-state index in [1.807, 2.05) is 17.9 Å². The van der Waals surface area contributed by atoms with Crippen LogP contribution in [0.1, 0.15) is 36.6 Å². The summed E-state index contributed by atoms with van der Waals surface area (Å²) >= 11 is 0. The van der Waals surface area contributed by atoms with E-state index in [4.69, 9.17) is 0 Å². The number of aryl methyl sites for hydroxylation is 1. The smallest absolute Gasteiger partial charge is 0.225 e. The Morgan fingerprint density at radius 1 is 1.45 bits per heavy atom. The molecule has 2 amide bonds. The summed E-state index contributed by atoms with van der Waals surface area (Å²) in [7, 11) is 3.68. The van der Waals surface area contributed by atoms with Crippen molar-refractivity contribution < 1.29 is 9.59 Å². The number of nitrogens with one attached hydrogen (secondary N) is 1. The molecule has 1 fully saturated rings. The number of hydrogen-bond donors (Lipinski definition) is 1. The molecular weight excluding hydrogens is 256 g/mol. The number of hydrogen-bond acceptors (Lipinski definition) is 3. The van der Waals surface area contributed by atoms with E-state index in [1.54, 1.807) is 11.9 Å². The van der Waals surface area contributed by atoms with Crippen LogP contribution in [0.15, 0.2) is 6.20 Å². The van der Waals surface area contributed by atoms with Crippen molar-refractivity contribution in [3.8, 4) is 0 Å². The highest BCUT2D eigenvalue weighted by atomic mass is 16.2. The van der Waals surface area contributed by atoms with Gasteiger partial charge in [0.05, 0.1) is 18.2 Å². The molecule has 3 rings (SSSR count). The van der Waals surface area contributed by atoms with E-state index in [9.17, 15) is 9.59 Å². The molecule has 1 aliphatic heterocycles. The first-order valence-corrected chi connectivity index (χ1v) is 7.11. The van der Waals surface area contributed by atoms with Gasteiger partial charge in [0.25, 0.3) is 0 Å². The fourth-order valence-corrected chi connectivity index (χ4v) is 3.18. The summed E-state index contributed by atoms with van der Waals surface area (Å²) < 4.78 is 1.89. The number of aromatic nitrogens is 2. The monoisotopic (exact) mass is 276 g/mol. The zero-order valence-corrected chi connectivity index (χ0v) is 11.9. The van der Waals surface area contributed by atoms with Crippen LogP contribution in [0.3, 0.4) is 0 Å². The average Bonchev–Trinajstić information content (AvgIpc) is 2.95. The van der Waals surface area contributed by atoms with Gasteiger partial charge < -0.3 is 10.2 Å². The third kappa shape index (κ3) is 2.19. The maximum atomic E-state index is 12.3. The minimum Gasteiger partial charge on any atom is -0.349 e. The number of carbonyl (C=O) groups is 2. The van der Waals surface area contributed by atoms with Crippen LogP contribution in [0, 0.1) is 5.92 Å². The molecule has 20 heavy (non-hydrogen) atoms. The first-order valence-electron chi connectivity index (χ1n) is 7.11. The molecule has 0 unspecified atom stereocenters. The van der Waals surface area contributed by atoms with Crippen LogP contribution in [0.25, 0.3) is 0 Å². The van der Waals surface area contributed by atoms with Crippen molar-refractivity contribution in [2.75, 3.05) is 13.6 Å². The van der Waals surface area contributed by atoms with Crippen molar-refractivity contribution in [3.05, 3.63) is 17.5 Å². The maximum Gasteiger partial charge on any atom is 0.225 e. The molecule has 0 spiro atoms. The van der Waals surface area contributed by atoms with Gasteiger partial charge in [-0.2, -0.15) is 5.10 Å². The minimum atomic E-state index is -0.213. The van der Waals surface area contributed by atoms with E-state index in [2.05, 4.69) is 10.4 Å². The Morgan fingerprint density at radius 3 is 2.95 bits per heavy atom. The van der Waals surface area contributed by atoms with Gasteiger partial charge in [0.1, 0.15) is 0 Å². The maximum absolute atomic E-state index is 12.3. The highest BCUT2D eigenvalue weighted by Crippen LogP contribution is 2.29. The molecule has 2 heterocycles. The van der Waals surface area contributed by atoms with Crippen molar-refractivity contribution in [2.24, 2.45) is 13.0 Å². The first kappa shape index (κ1) is 13.1. The van der Waals surface area contributed by atoms with Gasteiger partial charge in [-0.15, -0.1) is 0 Å². The number of fused-ring (bicyclic) bond motifs is 1. The standard InChI is InChI=1S/C14H20N4O2/c1-17-8-9(6-13(17)19)14(20)16-11-4-3-5-12-10(11)7-15-18(12)2/h7,9,11H,3-6,8H2,1-2H3,(H,16,20)/t9-,11+/m0/s1. The lowest BCUT2D eigenvalue weighted by Crippen LogP contribution is -2.36. The Hall–Kier alpha value is -1.85. The number of carbonyl (C=O) groups excluding carboxylic acids is 2. The molecule has 2 aliphatic rings. The summed E-state index contributed by atoms with van der Waals surface area (Å²) in [4.78, 5) is 25.4. The van der Waals surface area contributed by atoms with Crippen LogP contribution in [0.2, 0.25) is 0 Å². The lowest BCUT2D eigenvalue weighted by Gasteiger charge is -2.25. The topological polar surface area (TPSA) is 67.2 Å². The largest absolute Gasteiger partial charge is 0.349 e. The van der Waals surface area contributed by atoms with Gasteiger partial charge in [0, 0.05) is 38.3 Å². The Labute approximate surface area is 118 Å². The van der Waals surface area contributed by atoms with Crippen LogP contribution in [-0.2, 0) is 23.1 Å². The summed E-state index contributed by atoms with van der Waals surface area (Å²) in [6.45, 7) is 0.525. The van der Waals surface area contributed by atoms with Crippen molar-refractivity contribution in [2.45, 2.75) is 31.7 Å². The fraction of sp³-hybridized carbons (Fsp3) is 0.643. The van der Waals surface area contributed by atoms with Crippen molar-refractivity contribution in [1.82, 2.24) is 20.0 Å². The molecule has 0 radical (unpaired) electrons. The normalized spacial score (nSPS) is 25.7. The second-order valence-corrected chi connectivity index (χ2v) is 5.80. The first-order chi connectivity index (χ1) is 9.56. The van der Waals surface area contributed by atoms with Crippen LogP contribution in [-0.4, -0.2) is 40.1 Å². The minimum absolute atomic E-state index is 0.00981. The van der Waals surface area contributed by atoms with Crippen molar-refractivity contribution >= 4 is 11.8 Å². The van der Waals surface area contributed by atoms with Gasteiger partial charge in [-0.05, 0) is 19.3 Å². The van der Waals surface area contributed by atoms with E-state index >= 15 is 0 Å². The lowest BCUT2D eigenvalue weighted by atomic mass is 9.92. The number of rotatable bonds is 2. The lowest BCUT2D eigenvalue weighted by molar-refractivity contribution is -0.128. The summed E-state index contributed by atoms with van der Waals surface area (Å²) in [6.07, 6.45) is 5.20. The Balaban J connectivity index is 1.70. The molecule has 1 saturated heterocycles. The Kier molecular flexibility index (Phi) is 3.23.